The van der Waals surface area contributed by atoms with Gasteiger partial charge >= 0.3 is 0 Å². The van der Waals surface area contributed by atoms with Crippen LogP contribution < -0.4 is 5.73 Å². The lowest BCUT2D eigenvalue weighted by atomic mass is 10.0. The smallest absolute Gasteiger partial charge is 0.0462 e. The molecule has 0 radical (unpaired) electrons. The van der Waals surface area contributed by atoms with E-state index in [0.29, 0.717) is 5.92 Å². The average Bonchev–Trinajstić information content (AvgIpc) is 3.06. The van der Waals surface area contributed by atoms with Crippen LogP contribution in [0.2, 0.25) is 10.0 Å². The highest BCUT2D eigenvalue weighted by Crippen LogP contribution is 2.46. The second-order valence-electron chi connectivity index (χ2n) is 5.23. The molecule has 2 aromatic carbocycles. The fraction of sp³-hybridized carbons (Fsp3) is 0.250. The monoisotopic (exact) mass is 291 g/mol. The normalized spacial score (nSPS) is 21.5. The molecule has 1 nitrogen and oxygen atoms in total. The summed E-state index contributed by atoms with van der Waals surface area (Å²) in [5.74, 6) is 0.326. The third kappa shape index (κ3) is 2.51. The van der Waals surface area contributed by atoms with Crippen molar-refractivity contribution in [3.05, 3.63) is 57.6 Å². The topological polar surface area (TPSA) is 26.0 Å². The molecule has 1 fully saturated rings. The molecule has 0 spiro atoms. The molecule has 1 aliphatic carbocycles. The molecular weight excluding hydrogens is 277 g/mol. The van der Waals surface area contributed by atoms with E-state index in [0.717, 1.165) is 33.2 Å². The van der Waals surface area contributed by atoms with Crippen LogP contribution in [0.4, 0.5) is 0 Å². The van der Waals surface area contributed by atoms with Gasteiger partial charge in [-0.05, 0) is 42.2 Å². The van der Waals surface area contributed by atoms with Gasteiger partial charge in [-0.3, -0.25) is 0 Å². The number of rotatable bonds is 2. The first-order valence-electron chi connectivity index (χ1n) is 6.38. The first-order chi connectivity index (χ1) is 9.06. The van der Waals surface area contributed by atoms with E-state index in [-0.39, 0.29) is 6.04 Å². The Kier molecular flexibility index (Phi) is 3.30. The molecule has 0 heterocycles. The lowest BCUT2D eigenvalue weighted by Gasteiger charge is -2.10. The predicted octanol–water partition coefficient (Wildman–Crippen LogP) is 4.78. The quantitative estimate of drug-likeness (QED) is 0.846. The van der Waals surface area contributed by atoms with E-state index in [1.165, 1.54) is 5.56 Å². The summed E-state index contributed by atoms with van der Waals surface area (Å²) in [6.45, 7) is 2.07. The maximum Gasteiger partial charge on any atom is 0.0462 e. The Balaban J connectivity index is 2.02. The van der Waals surface area contributed by atoms with Crippen LogP contribution in [0, 0.1) is 6.92 Å². The molecule has 2 aromatic rings. The number of benzene rings is 2. The van der Waals surface area contributed by atoms with Crippen molar-refractivity contribution >= 4 is 23.2 Å². The molecule has 0 bridgehead atoms. The molecule has 2 unspecified atom stereocenters. The second-order valence-corrected chi connectivity index (χ2v) is 6.04. The van der Waals surface area contributed by atoms with Crippen molar-refractivity contribution in [2.45, 2.75) is 25.3 Å². The van der Waals surface area contributed by atoms with Crippen molar-refractivity contribution in [3.8, 4) is 11.1 Å². The van der Waals surface area contributed by atoms with Crippen LogP contribution >= 0.6 is 23.2 Å². The van der Waals surface area contributed by atoms with E-state index < -0.39 is 0 Å². The SMILES string of the molecule is Cc1ccc(-c2cc(Cl)c(C3CC3N)c(Cl)c2)cc1. The largest absolute Gasteiger partial charge is 0.327 e. The van der Waals surface area contributed by atoms with Crippen molar-refractivity contribution in [1.29, 1.82) is 0 Å². The molecular formula is C16H15Cl2N. The van der Waals surface area contributed by atoms with E-state index in [1.54, 1.807) is 0 Å². The number of aryl methyl sites for hydroxylation is 1. The maximum absolute atomic E-state index is 6.38. The van der Waals surface area contributed by atoms with E-state index >= 15 is 0 Å². The van der Waals surface area contributed by atoms with Gasteiger partial charge < -0.3 is 5.73 Å². The highest BCUT2D eigenvalue weighted by Gasteiger charge is 2.37. The van der Waals surface area contributed by atoms with Crippen LogP contribution in [0.5, 0.6) is 0 Å². The van der Waals surface area contributed by atoms with Crippen LogP contribution in [0.3, 0.4) is 0 Å². The van der Waals surface area contributed by atoms with Gasteiger partial charge in [0.05, 0.1) is 0 Å². The Hall–Kier alpha value is -1.02. The zero-order valence-electron chi connectivity index (χ0n) is 10.7. The molecule has 2 atom stereocenters. The van der Waals surface area contributed by atoms with E-state index in [2.05, 4.69) is 31.2 Å². The molecule has 3 rings (SSSR count). The summed E-state index contributed by atoms with van der Waals surface area (Å²) < 4.78 is 0. The minimum Gasteiger partial charge on any atom is -0.327 e. The van der Waals surface area contributed by atoms with Gasteiger partial charge in [0.15, 0.2) is 0 Å². The first kappa shape index (κ1) is 13.0. The lowest BCUT2D eigenvalue weighted by molar-refractivity contribution is 0.991. The van der Waals surface area contributed by atoms with Gasteiger partial charge in [0.25, 0.3) is 0 Å². The Morgan fingerprint density at radius 3 is 2.00 bits per heavy atom. The summed E-state index contributed by atoms with van der Waals surface area (Å²) in [6, 6.07) is 12.5. The van der Waals surface area contributed by atoms with Gasteiger partial charge in [-0.1, -0.05) is 53.0 Å². The van der Waals surface area contributed by atoms with Gasteiger partial charge in [-0.25, -0.2) is 0 Å². The number of nitrogens with two attached hydrogens (primary N) is 1. The maximum atomic E-state index is 6.38. The minimum absolute atomic E-state index is 0.209. The summed E-state index contributed by atoms with van der Waals surface area (Å²) in [6.07, 6.45) is 0.976. The molecule has 2 N–H and O–H groups in total. The summed E-state index contributed by atoms with van der Waals surface area (Å²) >= 11 is 12.8. The first-order valence-corrected chi connectivity index (χ1v) is 7.13. The van der Waals surface area contributed by atoms with Crippen molar-refractivity contribution in [2.24, 2.45) is 5.73 Å². The standard InChI is InChI=1S/C16H15Cl2N/c1-9-2-4-10(5-3-9)11-6-13(17)16(14(18)7-11)12-8-15(12)19/h2-7,12,15H,8,19H2,1H3. The fourth-order valence-electron chi connectivity index (χ4n) is 2.40. The summed E-state index contributed by atoms with van der Waals surface area (Å²) in [7, 11) is 0. The Bertz CT molecular complexity index is 596. The molecule has 0 aliphatic heterocycles. The minimum atomic E-state index is 0.209. The van der Waals surface area contributed by atoms with Gasteiger partial charge in [0.1, 0.15) is 0 Å². The van der Waals surface area contributed by atoms with Gasteiger partial charge in [0.2, 0.25) is 0 Å². The molecule has 0 aromatic heterocycles. The third-order valence-corrected chi connectivity index (χ3v) is 4.30. The molecule has 0 saturated heterocycles. The molecule has 3 heteroatoms. The summed E-state index contributed by atoms with van der Waals surface area (Å²) in [5.41, 5.74) is 10.3. The van der Waals surface area contributed by atoms with Crippen molar-refractivity contribution in [3.63, 3.8) is 0 Å². The molecule has 98 valence electrons. The summed E-state index contributed by atoms with van der Waals surface area (Å²) in [4.78, 5) is 0. The second kappa shape index (κ2) is 4.82. The Morgan fingerprint density at radius 1 is 1.00 bits per heavy atom. The lowest BCUT2D eigenvalue weighted by Crippen LogP contribution is -2.01. The number of halogens is 2. The highest BCUT2D eigenvalue weighted by molar-refractivity contribution is 6.36. The van der Waals surface area contributed by atoms with E-state index in [4.69, 9.17) is 28.9 Å². The van der Waals surface area contributed by atoms with Crippen LogP contribution in [-0.2, 0) is 0 Å². The molecule has 0 amide bonds. The molecule has 1 saturated carbocycles. The number of hydrogen-bond donors (Lipinski definition) is 1. The molecule has 1 aliphatic rings. The third-order valence-electron chi connectivity index (χ3n) is 3.67. The van der Waals surface area contributed by atoms with Gasteiger partial charge in [-0.2, -0.15) is 0 Å². The zero-order chi connectivity index (χ0) is 13.6. The average molecular weight is 292 g/mol. The zero-order valence-corrected chi connectivity index (χ0v) is 12.2. The van der Waals surface area contributed by atoms with Crippen LogP contribution in [-0.4, -0.2) is 6.04 Å². The Morgan fingerprint density at radius 2 is 1.53 bits per heavy atom. The fourth-order valence-corrected chi connectivity index (χ4v) is 3.17. The van der Waals surface area contributed by atoms with Gasteiger partial charge in [0, 0.05) is 22.0 Å². The predicted molar refractivity (Wildman–Crippen MR) is 82.0 cm³/mol. The van der Waals surface area contributed by atoms with E-state index in [9.17, 15) is 0 Å². The van der Waals surface area contributed by atoms with Crippen LogP contribution in [0.15, 0.2) is 36.4 Å². The number of hydrogen-bond acceptors (Lipinski definition) is 1. The van der Waals surface area contributed by atoms with E-state index in [1.807, 2.05) is 12.1 Å². The van der Waals surface area contributed by atoms with Crippen LogP contribution in [0.1, 0.15) is 23.5 Å². The highest BCUT2D eigenvalue weighted by atomic mass is 35.5. The van der Waals surface area contributed by atoms with Crippen molar-refractivity contribution in [1.82, 2.24) is 0 Å². The van der Waals surface area contributed by atoms with Crippen molar-refractivity contribution in [2.75, 3.05) is 0 Å². The Labute approximate surface area is 123 Å². The molecule has 19 heavy (non-hydrogen) atoms. The van der Waals surface area contributed by atoms with Gasteiger partial charge in [-0.15, -0.1) is 0 Å². The van der Waals surface area contributed by atoms with Crippen LogP contribution in [0.25, 0.3) is 11.1 Å². The van der Waals surface area contributed by atoms with Crippen molar-refractivity contribution < 1.29 is 0 Å². The summed E-state index contributed by atoms with van der Waals surface area (Å²) in [5, 5.41) is 1.45.